The molecule has 0 radical (unpaired) electrons. The third-order valence-electron chi connectivity index (χ3n) is 6.86. The minimum Gasteiger partial charge on any atom is -0.356 e. The minimum absolute atomic E-state index is 0.0188. The van der Waals surface area contributed by atoms with Gasteiger partial charge in [-0.25, -0.2) is 0 Å². The molecule has 3 unspecified atom stereocenters. The molecule has 0 spiro atoms. The third kappa shape index (κ3) is 5.15. The molecule has 36 heavy (non-hydrogen) atoms. The number of piperidine rings is 1. The molecular formula is C28H27N3O3S2. The van der Waals surface area contributed by atoms with Gasteiger partial charge in [0.2, 0.25) is 5.91 Å². The number of amides is 1. The molecule has 1 amide bonds. The maximum Gasteiger partial charge on any atom is 0.250 e. The summed E-state index contributed by atoms with van der Waals surface area (Å²) in [5.74, 6) is 0.403. The summed E-state index contributed by atoms with van der Waals surface area (Å²) in [5.41, 5.74) is 3.24. The summed E-state index contributed by atoms with van der Waals surface area (Å²) < 4.78 is 2.59. The molecule has 1 saturated heterocycles. The van der Waals surface area contributed by atoms with Crippen LogP contribution in [0.25, 0.3) is 0 Å². The van der Waals surface area contributed by atoms with Gasteiger partial charge in [-0.15, -0.1) is 0 Å². The Balaban J connectivity index is 1.33. The zero-order valence-electron chi connectivity index (χ0n) is 19.9. The van der Waals surface area contributed by atoms with E-state index >= 15 is 0 Å². The summed E-state index contributed by atoms with van der Waals surface area (Å²) in [6.07, 6.45) is 1.05. The first-order valence-electron chi connectivity index (χ1n) is 12.0. The Morgan fingerprint density at radius 3 is 2.44 bits per heavy atom. The van der Waals surface area contributed by atoms with Gasteiger partial charge in [-0.2, -0.15) is 0 Å². The van der Waals surface area contributed by atoms with E-state index in [0.717, 1.165) is 30.8 Å². The van der Waals surface area contributed by atoms with Crippen molar-refractivity contribution < 1.29 is 9.59 Å². The second kappa shape index (κ2) is 10.4. The van der Waals surface area contributed by atoms with Crippen LogP contribution in [0.5, 0.6) is 0 Å². The number of aromatic nitrogens is 1. The van der Waals surface area contributed by atoms with Crippen LogP contribution < -0.4 is 10.9 Å². The number of nitrogens with zero attached hydrogens (tertiary/aromatic N) is 2. The van der Waals surface area contributed by atoms with E-state index in [-0.39, 0.29) is 23.2 Å². The molecule has 184 valence electrons. The van der Waals surface area contributed by atoms with Crippen LogP contribution in [-0.2, 0) is 11.3 Å². The fourth-order valence-electron chi connectivity index (χ4n) is 5.12. The summed E-state index contributed by atoms with van der Waals surface area (Å²) in [5, 5.41) is 2.46. The molecule has 2 bridgehead atoms. The van der Waals surface area contributed by atoms with Crippen LogP contribution in [-0.4, -0.2) is 38.6 Å². The van der Waals surface area contributed by atoms with Crippen LogP contribution in [0, 0.1) is 5.92 Å². The van der Waals surface area contributed by atoms with Crippen LogP contribution in [0.3, 0.4) is 0 Å². The lowest BCUT2D eigenvalue weighted by molar-refractivity contribution is -0.115. The van der Waals surface area contributed by atoms with E-state index in [2.05, 4.69) is 10.2 Å². The van der Waals surface area contributed by atoms with Crippen molar-refractivity contribution in [2.24, 2.45) is 5.92 Å². The number of hydrogen-bond donors (Lipinski definition) is 1. The molecule has 2 aliphatic rings. The lowest BCUT2D eigenvalue weighted by atomic mass is 9.83. The van der Waals surface area contributed by atoms with Gasteiger partial charge in [0.25, 0.3) is 5.56 Å². The maximum atomic E-state index is 13.4. The molecule has 8 heteroatoms. The SMILES string of the molecule is CC(=O)c1ccc(NC(=O)C(SC(=S)N2CC3CC(C2)c2cccc(=O)n2C3)c2ccccc2)cc1. The topological polar surface area (TPSA) is 71.4 Å². The number of thioether (sulfide) groups is 1. The van der Waals surface area contributed by atoms with E-state index in [0.29, 0.717) is 28.0 Å². The van der Waals surface area contributed by atoms with E-state index < -0.39 is 5.25 Å². The Bertz CT molecular complexity index is 1350. The standard InChI is InChI=1S/C28H27N3O3S2/c1-18(32)20-10-12-23(13-11-20)29-27(34)26(21-6-3-2-4-7-21)36-28(35)30-15-19-14-22(17-30)24-8-5-9-25(33)31(24)16-19/h2-13,19,22,26H,14-17H2,1H3,(H,29,34). The number of fused-ring (bicyclic) bond motifs is 4. The number of hydrogen-bond acceptors (Lipinski definition) is 5. The second-order valence-electron chi connectivity index (χ2n) is 9.40. The van der Waals surface area contributed by atoms with Crippen LogP contribution in [0.15, 0.2) is 77.6 Å². The highest BCUT2D eigenvalue weighted by molar-refractivity contribution is 8.23. The van der Waals surface area contributed by atoms with Gasteiger partial charge in [0.15, 0.2) is 5.78 Å². The van der Waals surface area contributed by atoms with Gasteiger partial charge in [0.05, 0.1) is 0 Å². The van der Waals surface area contributed by atoms with Crippen molar-refractivity contribution in [1.82, 2.24) is 9.47 Å². The number of carbonyl (C=O) groups excluding carboxylic acids is 2. The summed E-state index contributed by atoms with van der Waals surface area (Å²) in [6.45, 7) is 3.73. The molecule has 1 fully saturated rings. The highest BCUT2D eigenvalue weighted by atomic mass is 32.2. The van der Waals surface area contributed by atoms with Crippen LogP contribution in [0.1, 0.15) is 46.1 Å². The van der Waals surface area contributed by atoms with Gasteiger partial charge >= 0.3 is 0 Å². The molecule has 3 atom stereocenters. The number of anilines is 1. The van der Waals surface area contributed by atoms with Gasteiger partial charge in [-0.3, -0.25) is 14.4 Å². The number of Topliss-reactive ketones (excluding diaryl/α,β-unsaturated/α-hetero) is 1. The summed E-state index contributed by atoms with van der Waals surface area (Å²) in [6, 6.07) is 22.0. The Hall–Kier alpha value is -3.23. The Morgan fingerprint density at radius 1 is 0.972 bits per heavy atom. The van der Waals surface area contributed by atoms with Gasteiger partial charge < -0.3 is 14.8 Å². The fourth-order valence-corrected chi connectivity index (χ4v) is 6.51. The molecule has 5 rings (SSSR count). The number of pyridine rings is 1. The van der Waals surface area contributed by atoms with Crippen molar-refractivity contribution in [1.29, 1.82) is 0 Å². The molecule has 3 aromatic rings. The second-order valence-corrected chi connectivity index (χ2v) is 11.1. The minimum atomic E-state index is -0.525. The molecule has 6 nitrogen and oxygen atoms in total. The molecule has 0 saturated carbocycles. The number of rotatable bonds is 5. The first-order chi connectivity index (χ1) is 17.4. The lowest BCUT2D eigenvalue weighted by Gasteiger charge is -2.43. The zero-order chi connectivity index (χ0) is 25.2. The van der Waals surface area contributed by atoms with Crippen LogP contribution in [0.2, 0.25) is 0 Å². The quantitative estimate of drug-likeness (QED) is 0.385. The number of thiocarbonyl (C=S) groups is 1. The first kappa shape index (κ1) is 24.5. The van der Waals surface area contributed by atoms with Crippen LogP contribution in [0.4, 0.5) is 5.69 Å². The highest BCUT2D eigenvalue weighted by Crippen LogP contribution is 2.39. The van der Waals surface area contributed by atoms with Gasteiger partial charge in [-0.05, 0) is 55.2 Å². The molecule has 2 aromatic carbocycles. The van der Waals surface area contributed by atoms with Crippen molar-refractivity contribution in [2.45, 2.75) is 31.1 Å². The van der Waals surface area contributed by atoms with E-state index in [1.807, 2.05) is 47.0 Å². The van der Waals surface area contributed by atoms with Crippen molar-refractivity contribution in [3.8, 4) is 0 Å². The van der Waals surface area contributed by atoms with Gasteiger partial charge in [0.1, 0.15) is 9.57 Å². The van der Waals surface area contributed by atoms with E-state index in [9.17, 15) is 14.4 Å². The summed E-state index contributed by atoms with van der Waals surface area (Å²) in [7, 11) is 0. The summed E-state index contributed by atoms with van der Waals surface area (Å²) >= 11 is 7.27. The predicted molar refractivity (Wildman–Crippen MR) is 148 cm³/mol. The Kier molecular flexibility index (Phi) is 7.07. The normalized spacial score (nSPS) is 19.2. The fraction of sp³-hybridized carbons (Fsp3) is 0.286. The zero-order valence-corrected chi connectivity index (χ0v) is 21.6. The van der Waals surface area contributed by atoms with E-state index in [1.54, 1.807) is 30.3 Å². The lowest BCUT2D eigenvalue weighted by Crippen LogP contribution is -2.48. The smallest absolute Gasteiger partial charge is 0.250 e. The Morgan fingerprint density at radius 2 is 1.72 bits per heavy atom. The van der Waals surface area contributed by atoms with Crippen molar-refractivity contribution >= 4 is 45.7 Å². The molecular weight excluding hydrogens is 490 g/mol. The monoisotopic (exact) mass is 517 g/mol. The van der Waals surface area contributed by atoms with Crippen LogP contribution >= 0.6 is 24.0 Å². The molecule has 2 aliphatic heterocycles. The first-order valence-corrected chi connectivity index (χ1v) is 13.3. The molecule has 3 heterocycles. The average molecular weight is 518 g/mol. The number of carbonyl (C=O) groups is 2. The highest BCUT2D eigenvalue weighted by Gasteiger charge is 2.36. The average Bonchev–Trinajstić information content (AvgIpc) is 2.88. The van der Waals surface area contributed by atoms with Crippen molar-refractivity contribution in [3.05, 3.63) is 100.0 Å². The number of ketones is 1. The van der Waals surface area contributed by atoms with Crippen molar-refractivity contribution in [3.63, 3.8) is 0 Å². The Labute approximate surface area is 219 Å². The predicted octanol–water partition coefficient (Wildman–Crippen LogP) is 4.87. The largest absolute Gasteiger partial charge is 0.356 e. The third-order valence-corrected chi connectivity index (χ3v) is 8.58. The number of likely N-dealkylation sites (tertiary alicyclic amines) is 1. The maximum absolute atomic E-state index is 13.4. The van der Waals surface area contributed by atoms with E-state index in [4.69, 9.17) is 12.2 Å². The number of nitrogens with one attached hydrogen (secondary N) is 1. The molecule has 1 aromatic heterocycles. The van der Waals surface area contributed by atoms with Crippen molar-refractivity contribution in [2.75, 3.05) is 18.4 Å². The molecule has 1 N–H and O–H groups in total. The molecule has 0 aliphatic carbocycles. The summed E-state index contributed by atoms with van der Waals surface area (Å²) in [4.78, 5) is 39.6. The van der Waals surface area contributed by atoms with E-state index in [1.165, 1.54) is 18.7 Å². The van der Waals surface area contributed by atoms with Gasteiger partial charge in [-0.1, -0.05) is 60.4 Å². The number of benzene rings is 2. The van der Waals surface area contributed by atoms with Gasteiger partial charge in [0, 0.05) is 48.6 Å².